The standard InChI is InChI=1S/C17H25N5O2/c1-20(2)15-5-4-6-18-14(15)8-19-17(24)12-7-16(23)22(9-12)13-10-21(3)11-13/h4-6,12-13H,7-11H2,1-3H3,(H,19,24). The smallest absolute Gasteiger partial charge is 0.225 e. The zero-order valence-corrected chi connectivity index (χ0v) is 14.5. The molecule has 130 valence electrons. The highest BCUT2D eigenvalue weighted by Crippen LogP contribution is 2.24. The molecule has 7 nitrogen and oxygen atoms in total. The molecule has 2 saturated heterocycles. The number of aromatic nitrogens is 1. The number of rotatable bonds is 5. The first-order chi connectivity index (χ1) is 11.5. The highest BCUT2D eigenvalue weighted by atomic mass is 16.2. The van der Waals surface area contributed by atoms with Crippen LogP contribution in [-0.2, 0) is 16.1 Å². The molecule has 2 amide bonds. The summed E-state index contributed by atoms with van der Waals surface area (Å²) >= 11 is 0. The maximum absolute atomic E-state index is 12.4. The predicted octanol–water partition coefficient (Wildman–Crippen LogP) is -0.0737. The van der Waals surface area contributed by atoms with E-state index >= 15 is 0 Å². The maximum Gasteiger partial charge on any atom is 0.225 e. The van der Waals surface area contributed by atoms with Crippen molar-refractivity contribution in [3.8, 4) is 0 Å². The number of hydrogen-bond donors (Lipinski definition) is 1. The summed E-state index contributed by atoms with van der Waals surface area (Å²) in [6.07, 6.45) is 2.04. The van der Waals surface area contributed by atoms with Crippen molar-refractivity contribution in [2.45, 2.75) is 19.0 Å². The van der Waals surface area contributed by atoms with Crippen molar-refractivity contribution in [2.24, 2.45) is 5.92 Å². The molecule has 1 aromatic rings. The minimum Gasteiger partial charge on any atom is -0.376 e. The first-order valence-electron chi connectivity index (χ1n) is 8.32. The van der Waals surface area contributed by atoms with Crippen molar-refractivity contribution < 1.29 is 9.59 Å². The lowest BCUT2D eigenvalue weighted by molar-refractivity contribution is -0.132. The van der Waals surface area contributed by atoms with Crippen LogP contribution in [0.1, 0.15) is 12.1 Å². The molecule has 0 bridgehead atoms. The van der Waals surface area contributed by atoms with Crippen LogP contribution in [0.5, 0.6) is 0 Å². The van der Waals surface area contributed by atoms with E-state index in [1.807, 2.05) is 43.1 Å². The van der Waals surface area contributed by atoms with Crippen LogP contribution in [0, 0.1) is 5.92 Å². The van der Waals surface area contributed by atoms with E-state index < -0.39 is 0 Å². The van der Waals surface area contributed by atoms with Crippen LogP contribution in [0.25, 0.3) is 0 Å². The molecule has 3 rings (SSSR count). The highest BCUT2D eigenvalue weighted by molar-refractivity contribution is 5.89. The quantitative estimate of drug-likeness (QED) is 0.818. The number of nitrogens with zero attached hydrogens (tertiary/aromatic N) is 4. The van der Waals surface area contributed by atoms with Crippen molar-refractivity contribution in [1.29, 1.82) is 0 Å². The molecular weight excluding hydrogens is 306 g/mol. The Bertz CT molecular complexity index is 627. The Morgan fingerprint density at radius 2 is 2.12 bits per heavy atom. The van der Waals surface area contributed by atoms with E-state index in [1.165, 1.54) is 0 Å². The monoisotopic (exact) mass is 331 g/mol. The average Bonchev–Trinajstić information content (AvgIpc) is 2.91. The summed E-state index contributed by atoms with van der Waals surface area (Å²) in [5.74, 6) is -0.219. The summed E-state index contributed by atoms with van der Waals surface area (Å²) in [4.78, 5) is 35.0. The van der Waals surface area contributed by atoms with Crippen molar-refractivity contribution in [2.75, 3.05) is 45.7 Å². The molecule has 0 radical (unpaired) electrons. The second-order valence-corrected chi connectivity index (χ2v) is 6.90. The first-order valence-corrected chi connectivity index (χ1v) is 8.32. The van der Waals surface area contributed by atoms with Gasteiger partial charge < -0.3 is 20.0 Å². The lowest BCUT2D eigenvalue weighted by atomic mass is 10.1. The highest BCUT2D eigenvalue weighted by Gasteiger charge is 2.41. The van der Waals surface area contributed by atoms with Gasteiger partial charge in [0.25, 0.3) is 0 Å². The van der Waals surface area contributed by atoms with Crippen molar-refractivity contribution in [3.05, 3.63) is 24.0 Å². The van der Waals surface area contributed by atoms with Gasteiger partial charge in [-0.25, -0.2) is 0 Å². The molecular formula is C17H25N5O2. The summed E-state index contributed by atoms with van der Waals surface area (Å²) in [7, 11) is 5.94. The van der Waals surface area contributed by atoms with E-state index in [-0.39, 0.29) is 23.8 Å². The van der Waals surface area contributed by atoms with Crippen LogP contribution in [0.4, 0.5) is 5.69 Å². The lowest BCUT2D eigenvalue weighted by Crippen LogP contribution is -2.58. The van der Waals surface area contributed by atoms with Gasteiger partial charge >= 0.3 is 0 Å². The number of likely N-dealkylation sites (tertiary alicyclic amines) is 2. The van der Waals surface area contributed by atoms with E-state index in [0.717, 1.165) is 24.5 Å². The van der Waals surface area contributed by atoms with E-state index in [0.29, 0.717) is 19.5 Å². The van der Waals surface area contributed by atoms with Gasteiger partial charge in [-0.05, 0) is 19.2 Å². The third-order valence-electron chi connectivity index (χ3n) is 4.79. The zero-order valence-electron chi connectivity index (χ0n) is 14.5. The third-order valence-corrected chi connectivity index (χ3v) is 4.79. The molecule has 0 aliphatic carbocycles. The summed E-state index contributed by atoms with van der Waals surface area (Å²) in [6, 6.07) is 4.13. The van der Waals surface area contributed by atoms with Gasteiger partial charge in [0, 0.05) is 46.3 Å². The number of amides is 2. The number of nitrogens with one attached hydrogen (secondary N) is 1. The van der Waals surface area contributed by atoms with Gasteiger partial charge in [-0.1, -0.05) is 0 Å². The fraction of sp³-hybridized carbons (Fsp3) is 0.588. The molecule has 0 spiro atoms. The summed E-state index contributed by atoms with van der Waals surface area (Å²) < 4.78 is 0. The third kappa shape index (κ3) is 3.36. The molecule has 0 aromatic carbocycles. The Balaban J connectivity index is 1.55. The largest absolute Gasteiger partial charge is 0.376 e. The van der Waals surface area contributed by atoms with Gasteiger partial charge in [0.15, 0.2) is 0 Å². The molecule has 2 aliphatic heterocycles. The van der Waals surface area contributed by atoms with Crippen LogP contribution in [0.15, 0.2) is 18.3 Å². The summed E-state index contributed by atoms with van der Waals surface area (Å²) in [5, 5.41) is 2.94. The van der Waals surface area contributed by atoms with E-state index in [9.17, 15) is 9.59 Å². The Morgan fingerprint density at radius 1 is 1.38 bits per heavy atom. The second-order valence-electron chi connectivity index (χ2n) is 6.90. The molecule has 1 aromatic heterocycles. The molecule has 1 atom stereocenters. The van der Waals surface area contributed by atoms with Gasteiger partial charge in [0.1, 0.15) is 0 Å². The Morgan fingerprint density at radius 3 is 2.79 bits per heavy atom. The van der Waals surface area contributed by atoms with Crippen LogP contribution in [-0.4, -0.2) is 73.4 Å². The molecule has 1 unspecified atom stereocenters. The predicted molar refractivity (Wildman–Crippen MR) is 91.5 cm³/mol. The number of likely N-dealkylation sites (N-methyl/N-ethyl adjacent to an activating group) is 1. The van der Waals surface area contributed by atoms with Crippen LogP contribution in [0.3, 0.4) is 0 Å². The molecule has 24 heavy (non-hydrogen) atoms. The van der Waals surface area contributed by atoms with Gasteiger partial charge in [-0.2, -0.15) is 0 Å². The summed E-state index contributed by atoms with van der Waals surface area (Å²) in [6.45, 7) is 2.72. The van der Waals surface area contributed by atoms with Gasteiger partial charge in [0.2, 0.25) is 11.8 Å². The molecule has 2 fully saturated rings. The Labute approximate surface area is 142 Å². The minimum atomic E-state index is -0.255. The van der Waals surface area contributed by atoms with Gasteiger partial charge in [-0.15, -0.1) is 0 Å². The second kappa shape index (κ2) is 6.76. The zero-order chi connectivity index (χ0) is 17.3. The number of pyridine rings is 1. The van der Waals surface area contributed by atoms with Crippen molar-refractivity contribution >= 4 is 17.5 Å². The summed E-state index contributed by atoms with van der Waals surface area (Å²) in [5.41, 5.74) is 1.82. The normalized spacial score (nSPS) is 21.7. The van der Waals surface area contributed by atoms with Crippen molar-refractivity contribution in [3.63, 3.8) is 0 Å². The van der Waals surface area contributed by atoms with Crippen molar-refractivity contribution in [1.82, 2.24) is 20.1 Å². The fourth-order valence-electron chi connectivity index (χ4n) is 3.41. The number of hydrogen-bond acceptors (Lipinski definition) is 5. The Hall–Kier alpha value is -2.15. The van der Waals surface area contributed by atoms with E-state index in [2.05, 4.69) is 15.2 Å². The molecule has 2 aliphatic rings. The Kier molecular flexibility index (Phi) is 4.71. The topological polar surface area (TPSA) is 68.8 Å². The number of carbonyl (C=O) groups excluding carboxylic acids is 2. The number of carbonyl (C=O) groups is 2. The van der Waals surface area contributed by atoms with Crippen LogP contribution < -0.4 is 10.2 Å². The van der Waals surface area contributed by atoms with Crippen LogP contribution >= 0.6 is 0 Å². The molecule has 0 saturated carbocycles. The van der Waals surface area contributed by atoms with E-state index in [1.54, 1.807) is 6.20 Å². The van der Waals surface area contributed by atoms with Gasteiger partial charge in [-0.3, -0.25) is 14.6 Å². The maximum atomic E-state index is 12.4. The van der Waals surface area contributed by atoms with Crippen LogP contribution in [0.2, 0.25) is 0 Å². The van der Waals surface area contributed by atoms with E-state index in [4.69, 9.17) is 0 Å². The minimum absolute atomic E-state index is 0.0612. The molecule has 7 heteroatoms. The fourth-order valence-corrected chi connectivity index (χ4v) is 3.41. The number of anilines is 1. The van der Waals surface area contributed by atoms with Gasteiger partial charge in [0.05, 0.1) is 29.9 Å². The average molecular weight is 331 g/mol. The SMILES string of the molecule is CN1CC(N2CC(C(=O)NCc3ncccc3N(C)C)CC2=O)C1. The first kappa shape index (κ1) is 16.7. The lowest BCUT2D eigenvalue weighted by Gasteiger charge is -2.42. The molecule has 1 N–H and O–H groups in total. The molecule has 3 heterocycles.